The number of hydrogen-bond acceptors (Lipinski definition) is 8. The van der Waals surface area contributed by atoms with Crippen molar-refractivity contribution in [2.75, 3.05) is 26.4 Å². The van der Waals surface area contributed by atoms with Crippen LogP contribution in [0.3, 0.4) is 0 Å². The maximum Gasteiger partial charge on any atom is 0.472 e. The molecule has 0 fully saturated rings. The van der Waals surface area contributed by atoms with E-state index in [0.717, 1.165) is 70.6 Å². The Morgan fingerprint density at radius 3 is 1.55 bits per heavy atom. The summed E-state index contributed by atoms with van der Waals surface area (Å²) in [6.45, 7) is 3.57. The van der Waals surface area contributed by atoms with Crippen LogP contribution in [0.2, 0.25) is 0 Å². The normalized spacial score (nSPS) is 14.0. The molecule has 2 atom stereocenters. The summed E-state index contributed by atoms with van der Waals surface area (Å²) in [5.41, 5.74) is 5.34. The van der Waals surface area contributed by atoms with Crippen molar-refractivity contribution in [3.05, 3.63) is 60.8 Å². The van der Waals surface area contributed by atoms with Crippen LogP contribution >= 0.6 is 7.82 Å². The van der Waals surface area contributed by atoms with Crippen molar-refractivity contribution in [3.8, 4) is 0 Å². The van der Waals surface area contributed by atoms with Crippen LogP contribution in [-0.2, 0) is 32.7 Å². The van der Waals surface area contributed by atoms with E-state index in [-0.39, 0.29) is 32.6 Å². The van der Waals surface area contributed by atoms with Crippen LogP contribution in [0.25, 0.3) is 0 Å². The van der Waals surface area contributed by atoms with Gasteiger partial charge in [0.2, 0.25) is 0 Å². The van der Waals surface area contributed by atoms with Crippen molar-refractivity contribution >= 4 is 19.8 Å². The van der Waals surface area contributed by atoms with Crippen molar-refractivity contribution in [2.45, 2.75) is 174 Å². The Hall–Kier alpha value is -2.29. The smallest absolute Gasteiger partial charge is 0.462 e. The molecule has 306 valence electrons. The first-order chi connectivity index (χ1) is 25.8. The van der Waals surface area contributed by atoms with E-state index >= 15 is 0 Å². The van der Waals surface area contributed by atoms with Gasteiger partial charge in [-0.15, -0.1) is 0 Å². The molecule has 0 rings (SSSR count). The van der Waals surface area contributed by atoms with E-state index in [4.69, 9.17) is 24.3 Å². The third-order valence-corrected chi connectivity index (χ3v) is 9.40. The number of hydrogen-bond donors (Lipinski definition) is 2. The predicted octanol–water partition coefficient (Wildman–Crippen LogP) is 11.7. The maximum atomic E-state index is 12.6. The highest BCUT2D eigenvalue weighted by molar-refractivity contribution is 7.47. The van der Waals surface area contributed by atoms with Crippen molar-refractivity contribution < 1.29 is 37.6 Å². The summed E-state index contributed by atoms with van der Waals surface area (Å²) in [7, 11) is -4.38. The summed E-state index contributed by atoms with van der Waals surface area (Å²) >= 11 is 0. The van der Waals surface area contributed by atoms with Gasteiger partial charge in [-0.05, 0) is 57.8 Å². The van der Waals surface area contributed by atoms with Crippen molar-refractivity contribution in [1.29, 1.82) is 0 Å². The highest BCUT2D eigenvalue weighted by Crippen LogP contribution is 2.43. The maximum absolute atomic E-state index is 12.6. The van der Waals surface area contributed by atoms with E-state index in [1.165, 1.54) is 64.2 Å². The molecule has 1 unspecified atom stereocenters. The molecule has 3 N–H and O–H groups in total. The fraction of sp³-hybridized carbons (Fsp3) is 0.721. The van der Waals surface area contributed by atoms with Gasteiger partial charge in [0.1, 0.15) is 6.61 Å². The quantitative estimate of drug-likeness (QED) is 0.0272. The van der Waals surface area contributed by atoms with Gasteiger partial charge in [-0.2, -0.15) is 0 Å². The van der Waals surface area contributed by atoms with E-state index in [9.17, 15) is 19.0 Å². The van der Waals surface area contributed by atoms with Gasteiger partial charge in [-0.1, -0.05) is 158 Å². The molecule has 0 saturated carbocycles. The second-order valence-electron chi connectivity index (χ2n) is 13.5. The van der Waals surface area contributed by atoms with Gasteiger partial charge in [0.05, 0.1) is 13.2 Å². The first-order valence-corrected chi connectivity index (χ1v) is 22.3. The standard InChI is InChI=1S/C43H76NO8P/c1-3-5-7-9-11-13-15-17-18-19-20-21-22-24-26-28-30-32-34-36-43(46)52-41(40-51-53(47,48)50-38-37-44)39-49-42(45)35-33-31-29-27-25-23-16-14-12-10-8-6-4-2/h5,7,11,13,17-18,20-21,24,26,41H,3-4,6,8-10,12,14-16,19,22-23,25,27-40,44H2,1-2H3,(H,47,48)/b7-5-,13-11-,18-17-,21-20-,26-24-/t41-/m1/s1. The second-order valence-corrected chi connectivity index (χ2v) is 14.9. The molecule has 0 aliphatic rings. The van der Waals surface area contributed by atoms with Crippen LogP contribution in [0.5, 0.6) is 0 Å². The van der Waals surface area contributed by atoms with E-state index in [0.29, 0.717) is 6.42 Å². The summed E-state index contributed by atoms with van der Waals surface area (Å²) in [5.74, 6) is -0.868. The van der Waals surface area contributed by atoms with Crippen molar-refractivity contribution in [1.82, 2.24) is 0 Å². The molecule has 0 radical (unpaired) electrons. The molecule has 0 bridgehead atoms. The molecule has 0 amide bonds. The molecule has 0 saturated heterocycles. The molecule has 0 heterocycles. The Labute approximate surface area is 323 Å². The zero-order chi connectivity index (χ0) is 38.9. The minimum atomic E-state index is -4.38. The molecule has 0 aliphatic heterocycles. The molecule has 9 nitrogen and oxygen atoms in total. The van der Waals surface area contributed by atoms with Crippen molar-refractivity contribution in [2.24, 2.45) is 5.73 Å². The summed E-state index contributed by atoms with van der Waals surface area (Å²) in [6, 6.07) is 0. The van der Waals surface area contributed by atoms with Gasteiger partial charge >= 0.3 is 19.8 Å². The Morgan fingerprint density at radius 2 is 1.04 bits per heavy atom. The van der Waals surface area contributed by atoms with Gasteiger partial charge in [0, 0.05) is 19.4 Å². The molecular weight excluding hydrogens is 689 g/mol. The zero-order valence-electron chi connectivity index (χ0n) is 33.5. The Morgan fingerprint density at radius 1 is 0.585 bits per heavy atom. The number of ether oxygens (including phenoxy) is 2. The van der Waals surface area contributed by atoms with Crippen LogP contribution in [0, 0.1) is 0 Å². The van der Waals surface area contributed by atoms with E-state index in [2.05, 4.69) is 74.6 Å². The van der Waals surface area contributed by atoms with Crippen LogP contribution in [0.1, 0.15) is 168 Å². The van der Waals surface area contributed by atoms with E-state index in [1.807, 2.05) is 0 Å². The molecule has 0 aromatic heterocycles. The van der Waals surface area contributed by atoms with Crippen LogP contribution < -0.4 is 5.73 Å². The predicted molar refractivity (Wildman–Crippen MR) is 219 cm³/mol. The minimum Gasteiger partial charge on any atom is -0.462 e. The number of carbonyl (C=O) groups excluding carboxylic acids is 2. The summed E-state index contributed by atoms with van der Waals surface area (Å²) < 4.78 is 32.7. The number of phosphoric ester groups is 1. The largest absolute Gasteiger partial charge is 0.472 e. The zero-order valence-corrected chi connectivity index (χ0v) is 34.4. The van der Waals surface area contributed by atoms with Crippen LogP contribution in [0.4, 0.5) is 0 Å². The number of nitrogens with two attached hydrogens (primary N) is 1. The van der Waals surface area contributed by atoms with Gasteiger partial charge in [-0.25, -0.2) is 4.57 Å². The van der Waals surface area contributed by atoms with Gasteiger partial charge in [-0.3, -0.25) is 18.6 Å². The minimum absolute atomic E-state index is 0.0458. The lowest BCUT2D eigenvalue weighted by Gasteiger charge is -2.19. The molecule has 0 aliphatic carbocycles. The molecule has 10 heteroatoms. The Balaban J connectivity index is 4.25. The van der Waals surface area contributed by atoms with Gasteiger partial charge < -0.3 is 20.1 Å². The third-order valence-electron chi connectivity index (χ3n) is 8.42. The molecular formula is C43H76NO8P. The van der Waals surface area contributed by atoms with Crippen LogP contribution in [-0.4, -0.2) is 49.3 Å². The fourth-order valence-electron chi connectivity index (χ4n) is 5.37. The van der Waals surface area contributed by atoms with E-state index < -0.39 is 32.5 Å². The van der Waals surface area contributed by atoms with Crippen LogP contribution in [0.15, 0.2) is 60.8 Å². The number of esters is 2. The number of carbonyl (C=O) groups is 2. The number of rotatable bonds is 38. The van der Waals surface area contributed by atoms with Crippen molar-refractivity contribution in [3.63, 3.8) is 0 Å². The van der Waals surface area contributed by atoms with Gasteiger partial charge in [0.25, 0.3) is 0 Å². The number of unbranched alkanes of at least 4 members (excludes halogenated alkanes) is 15. The number of phosphoric acid groups is 1. The molecule has 0 aromatic rings. The lowest BCUT2D eigenvalue weighted by molar-refractivity contribution is -0.161. The Kier molecular flexibility index (Phi) is 37.7. The first kappa shape index (κ1) is 50.7. The topological polar surface area (TPSA) is 134 Å². The number of allylic oxidation sites excluding steroid dienone is 10. The van der Waals surface area contributed by atoms with E-state index in [1.54, 1.807) is 0 Å². The summed E-state index contributed by atoms with van der Waals surface area (Å²) in [5, 5.41) is 0. The average molecular weight is 766 g/mol. The lowest BCUT2D eigenvalue weighted by atomic mass is 10.0. The first-order valence-electron chi connectivity index (χ1n) is 20.8. The second kappa shape index (κ2) is 39.4. The molecule has 0 spiro atoms. The summed E-state index contributed by atoms with van der Waals surface area (Å²) in [4.78, 5) is 34.8. The fourth-order valence-corrected chi connectivity index (χ4v) is 6.13. The summed E-state index contributed by atoms with van der Waals surface area (Å²) in [6.07, 6.45) is 45.3. The molecule has 0 aromatic carbocycles. The van der Waals surface area contributed by atoms with Gasteiger partial charge in [0.15, 0.2) is 6.10 Å². The Bertz CT molecular complexity index is 1050. The SMILES string of the molecule is CC/C=C\C/C=C\C/C=C\C/C=C\C/C=C\CCCCCC(=O)O[C@H](COC(=O)CCCCCCCCCCCCCCC)COP(=O)(O)OCCN. The average Bonchev–Trinajstić information content (AvgIpc) is 3.14. The third kappa shape index (κ3) is 39.2. The monoisotopic (exact) mass is 766 g/mol. The highest BCUT2D eigenvalue weighted by atomic mass is 31.2. The molecule has 53 heavy (non-hydrogen) atoms. The highest BCUT2D eigenvalue weighted by Gasteiger charge is 2.25. The lowest BCUT2D eigenvalue weighted by Crippen LogP contribution is -2.29.